The Bertz CT molecular complexity index is 840. The number of ether oxygens (including phenoxy) is 1. The monoisotopic (exact) mass is 364 g/mol. The first-order valence-corrected chi connectivity index (χ1v) is 7.39. The van der Waals surface area contributed by atoms with Crippen molar-refractivity contribution in [1.82, 2.24) is 0 Å². The zero-order valence-corrected chi connectivity index (χ0v) is 13.1. The van der Waals surface area contributed by atoms with E-state index < -0.39 is 5.63 Å². The summed E-state index contributed by atoms with van der Waals surface area (Å²) in [5.74, 6) is 0.635. The van der Waals surface area contributed by atoms with Gasteiger partial charge in [-0.05, 0) is 35.9 Å². The van der Waals surface area contributed by atoms with Crippen LogP contribution in [0.2, 0.25) is 5.02 Å². The van der Waals surface area contributed by atoms with Crippen LogP contribution in [0.15, 0.2) is 62.2 Å². The molecule has 0 saturated heterocycles. The van der Waals surface area contributed by atoms with E-state index in [1.165, 1.54) is 0 Å². The molecule has 0 N–H and O–H groups in total. The summed E-state index contributed by atoms with van der Waals surface area (Å²) in [6.45, 7) is 0.441. The SMILES string of the molecule is O=c1oc2cc(OCc3ccc(Br)cc3)ccc2cc1Cl. The number of fused-ring (bicyclic) bond motifs is 1. The van der Waals surface area contributed by atoms with Gasteiger partial charge in [-0.25, -0.2) is 4.79 Å². The molecule has 5 heteroatoms. The Labute approximate surface area is 134 Å². The van der Waals surface area contributed by atoms with Crippen LogP contribution in [-0.4, -0.2) is 0 Å². The molecule has 0 aliphatic carbocycles. The third kappa shape index (κ3) is 3.28. The number of halogens is 2. The molecule has 0 aliphatic heterocycles. The maximum atomic E-state index is 11.4. The number of benzene rings is 2. The average molecular weight is 366 g/mol. The smallest absolute Gasteiger partial charge is 0.355 e. The second-order valence-electron chi connectivity index (χ2n) is 4.50. The highest BCUT2D eigenvalue weighted by Crippen LogP contribution is 2.22. The molecule has 1 heterocycles. The van der Waals surface area contributed by atoms with Gasteiger partial charge in [-0.15, -0.1) is 0 Å². The van der Waals surface area contributed by atoms with Crippen molar-refractivity contribution in [2.45, 2.75) is 6.61 Å². The zero-order chi connectivity index (χ0) is 14.8. The molecule has 0 radical (unpaired) electrons. The van der Waals surface area contributed by atoms with Crippen LogP contribution in [0.5, 0.6) is 5.75 Å². The summed E-state index contributed by atoms with van der Waals surface area (Å²) in [6.07, 6.45) is 0. The molecule has 0 atom stereocenters. The summed E-state index contributed by atoms with van der Waals surface area (Å²) >= 11 is 9.13. The number of hydrogen-bond donors (Lipinski definition) is 0. The first-order valence-electron chi connectivity index (χ1n) is 6.22. The van der Waals surface area contributed by atoms with Crippen LogP contribution in [-0.2, 0) is 6.61 Å². The van der Waals surface area contributed by atoms with Gasteiger partial charge in [0.1, 0.15) is 23.0 Å². The standard InChI is InChI=1S/C16H10BrClO3/c17-12-4-1-10(2-5-12)9-20-13-6-3-11-7-14(18)16(19)21-15(11)8-13/h1-8H,9H2. The van der Waals surface area contributed by atoms with Gasteiger partial charge in [0.25, 0.3) is 0 Å². The summed E-state index contributed by atoms with van der Waals surface area (Å²) in [4.78, 5) is 11.4. The first-order chi connectivity index (χ1) is 10.1. The van der Waals surface area contributed by atoms with Gasteiger partial charge in [-0.2, -0.15) is 0 Å². The molecule has 0 bridgehead atoms. The van der Waals surface area contributed by atoms with Crippen molar-refractivity contribution in [2.24, 2.45) is 0 Å². The lowest BCUT2D eigenvalue weighted by atomic mass is 10.2. The molecule has 0 saturated carbocycles. The second-order valence-corrected chi connectivity index (χ2v) is 5.82. The second kappa shape index (κ2) is 5.92. The Hall–Kier alpha value is -1.78. The van der Waals surface area contributed by atoms with E-state index in [-0.39, 0.29) is 5.02 Å². The Morgan fingerprint density at radius 1 is 1.10 bits per heavy atom. The topological polar surface area (TPSA) is 39.4 Å². The van der Waals surface area contributed by atoms with Crippen molar-refractivity contribution < 1.29 is 9.15 Å². The van der Waals surface area contributed by atoms with Gasteiger partial charge in [-0.1, -0.05) is 39.7 Å². The molecular formula is C16H10BrClO3. The van der Waals surface area contributed by atoms with Gasteiger partial charge in [0.15, 0.2) is 0 Å². The normalized spacial score (nSPS) is 10.8. The number of hydrogen-bond acceptors (Lipinski definition) is 3. The van der Waals surface area contributed by atoms with Crippen molar-refractivity contribution in [2.75, 3.05) is 0 Å². The van der Waals surface area contributed by atoms with E-state index in [0.29, 0.717) is 17.9 Å². The van der Waals surface area contributed by atoms with Gasteiger partial charge in [-0.3, -0.25) is 0 Å². The molecule has 0 amide bonds. The fraction of sp³-hybridized carbons (Fsp3) is 0.0625. The summed E-state index contributed by atoms with van der Waals surface area (Å²) in [5.41, 5.74) is 0.961. The van der Waals surface area contributed by atoms with E-state index >= 15 is 0 Å². The largest absolute Gasteiger partial charge is 0.489 e. The molecule has 3 rings (SSSR count). The predicted molar refractivity (Wildman–Crippen MR) is 86.0 cm³/mol. The predicted octanol–water partition coefficient (Wildman–Crippen LogP) is 4.79. The lowest BCUT2D eigenvalue weighted by molar-refractivity contribution is 0.306. The highest BCUT2D eigenvalue weighted by Gasteiger charge is 2.04. The minimum absolute atomic E-state index is 0.0750. The third-order valence-corrected chi connectivity index (χ3v) is 3.78. The highest BCUT2D eigenvalue weighted by atomic mass is 79.9. The summed E-state index contributed by atoms with van der Waals surface area (Å²) in [6, 6.07) is 14.8. The van der Waals surface area contributed by atoms with Crippen molar-refractivity contribution in [3.05, 3.63) is 74.0 Å². The van der Waals surface area contributed by atoms with Crippen molar-refractivity contribution in [1.29, 1.82) is 0 Å². The Balaban J connectivity index is 1.82. The van der Waals surface area contributed by atoms with E-state index in [4.69, 9.17) is 20.8 Å². The van der Waals surface area contributed by atoms with E-state index in [0.717, 1.165) is 15.4 Å². The van der Waals surface area contributed by atoms with Crippen LogP contribution in [0, 0.1) is 0 Å². The van der Waals surface area contributed by atoms with Gasteiger partial charge in [0.2, 0.25) is 0 Å². The lowest BCUT2D eigenvalue weighted by Crippen LogP contribution is -1.99. The molecule has 3 nitrogen and oxygen atoms in total. The number of rotatable bonds is 3. The van der Waals surface area contributed by atoms with E-state index in [1.807, 2.05) is 30.3 Å². The lowest BCUT2D eigenvalue weighted by Gasteiger charge is -2.07. The minimum Gasteiger partial charge on any atom is -0.489 e. The van der Waals surface area contributed by atoms with Crippen molar-refractivity contribution >= 4 is 38.5 Å². The van der Waals surface area contributed by atoms with Gasteiger partial charge < -0.3 is 9.15 Å². The zero-order valence-electron chi connectivity index (χ0n) is 10.8. The molecule has 106 valence electrons. The quantitative estimate of drug-likeness (QED) is 0.627. The molecule has 0 fully saturated rings. The van der Waals surface area contributed by atoms with Gasteiger partial charge in [0.05, 0.1) is 0 Å². The highest BCUT2D eigenvalue weighted by molar-refractivity contribution is 9.10. The molecule has 3 aromatic rings. The fourth-order valence-electron chi connectivity index (χ4n) is 1.90. The van der Waals surface area contributed by atoms with Crippen LogP contribution in [0.1, 0.15) is 5.56 Å². The molecular weight excluding hydrogens is 356 g/mol. The average Bonchev–Trinajstić information content (AvgIpc) is 2.48. The van der Waals surface area contributed by atoms with E-state index in [1.54, 1.807) is 18.2 Å². The fourth-order valence-corrected chi connectivity index (χ4v) is 2.32. The Morgan fingerprint density at radius 2 is 1.86 bits per heavy atom. The Kier molecular flexibility index (Phi) is 3.99. The van der Waals surface area contributed by atoms with Crippen LogP contribution < -0.4 is 10.4 Å². The maximum absolute atomic E-state index is 11.4. The summed E-state index contributed by atoms with van der Waals surface area (Å²) in [7, 11) is 0. The molecule has 0 spiro atoms. The Morgan fingerprint density at radius 3 is 2.62 bits per heavy atom. The van der Waals surface area contributed by atoms with Crippen molar-refractivity contribution in [3.8, 4) is 5.75 Å². The minimum atomic E-state index is -0.547. The molecule has 0 aliphatic rings. The van der Waals surface area contributed by atoms with Crippen LogP contribution >= 0.6 is 27.5 Å². The maximum Gasteiger partial charge on any atom is 0.355 e. The summed E-state index contributed by atoms with van der Waals surface area (Å²) in [5, 5.41) is 0.835. The summed E-state index contributed by atoms with van der Waals surface area (Å²) < 4.78 is 11.9. The molecule has 0 unspecified atom stereocenters. The van der Waals surface area contributed by atoms with Gasteiger partial charge in [0, 0.05) is 15.9 Å². The molecule has 2 aromatic carbocycles. The van der Waals surface area contributed by atoms with E-state index in [2.05, 4.69) is 15.9 Å². The van der Waals surface area contributed by atoms with Crippen LogP contribution in [0.3, 0.4) is 0 Å². The van der Waals surface area contributed by atoms with Crippen molar-refractivity contribution in [3.63, 3.8) is 0 Å². The third-order valence-electron chi connectivity index (χ3n) is 2.98. The van der Waals surface area contributed by atoms with Crippen LogP contribution in [0.4, 0.5) is 0 Å². The molecule has 21 heavy (non-hydrogen) atoms. The van der Waals surface area contributed by atoms with Gasteiger partial charge >= 0.3 is 5.63 Å². The van der Waals surface area contributed by atoms with Crippen LogP contribution in [0.25, 0.3) is 11.0 Å². The molecule has 1 aromatic heterocycles. The van der Waals surface area contributed by atoms with E-state index in [9.17, 15) is 4.79 Å². The first kappa shape index (κ1) is 14.2.